The monoisotopic (exact) mass is 287 g/mol. The van der Waals surface area contributed by atoms with Gasteiger partial charge in [0, 0.05) is 17.7 Å². The second-order valence-corrected chi connectivity index (χ2v) is 5.30. The lowest BCUT2D eigenvalue weighted by Crippen LogP contribution is -2.10. The minimum atomic E-state index is 0.0304. The van der Waals surface area contributed by atoms with Crippen molar-refractivity contribution in [3.05, 3.63) is 30.6 Å². The number of benzene rings is 1. The number of fused-ring (bicyclic) bond motifs is 1. The van der Waals surface area contributed by atoms with Gasteiger partial charge in [0.25, 0.3) is 0 Å². The van der Waals surface area contributed by atoms with Crippen LogP contribution in [-0.2, 0) is 4.79 Å². The average Bonchev–Trinajstić information content (AvgIpc) is 2.99. The van der Waals surface area contributed by atoms with E-state index in [0.717, 1.165) is 27.6 Å². The summed E-state index contributed by atoms with van der Waals surface area (Å²) in [5.74, 6) is 0.0304. The van der Waals surface area contributed by atoms with Crippen LogP contribution in [0.5, 0.6) is 0 Å². The van der Waals surface area contributed by atoms with Gasteiger partial charge < -0.3 is 5.32 Å². The zero-order valence-electron chi connectivity index (χ0n) is 10.9. The Labute approximate surface area is 119 Å². The molecule has 2 heterocycles. The third kappa shape index (κ3) is 2.53. The minimum Gasteiger partial charge on any atom is -0.326 e. The fourth-order valence-corrected chi connectivity index (χ4v) is 2.67. The quantitative estimate of drug-likeness (QED) is 0.800. The van der Waals surface area contributed by atoms with Crippen LogP contribution in [0.15, 0.2) is 30.6 Å². The number of rotatable bonds is 4. The first-order valence-electron chi connectivity index (χ1n) is 6.33. The normalized spacial score (nSPS) is 10.8. The highest BCUT2D eigenvalue weighted by molar-refractivity contribution is 7.19. The predicted octanol–water partition coefficient (Wildman–Crippen LogP) is 2.59. The molecule has 1 aromatic carbocycles. The van der Waals surface area contributed by atoms with E-state index in [9.17, 15) is 4.79 Å². The number of nitrogens with zero attached hydrogens (tertiary/aromatic N) is 4. The van der Waals surface area contributed by atoms with Crippen molar-refractivity contribution in [1.82, 2.24) is 19.8 Å². The maximum Gasteiger partial charge on any atom is 0.234 e. The van der Waals surface area contributed by atoms with Crippen LogP contribution in [-0.4, -0.2) is 25.7 Å². The van der Waals surface area contributed by atoms with Crippen LogP contribution >= 0.6 is 11.3 Å². The van der Waals surface area contributed by atoms with Crippen molar-refractivity contribution in [3.63, 3.8) is 0 Å². The fourth-order valence-electron chi connectivity index (χ4n) is 1.86. The van der Waals surface area contributed by atoms with Gasteiger partial charge in [0.05, 0.1) is 0 Å². The molecule has 0 saturated carbocycles. The molecular weight excluding hydrogens is 274 g/mol. The Morgan fingerprint density at radius 2 is 2.35 bits per heavy atom. The summed E-state index contributed by atoms with van der Waals surface area (Å²) in [7, 11) is 0. The Balaban J connectivity index is 1.87. The van der Waals surface area contributed by atoms with E-state index in [1.807, 2.05) is 31.2 Å². The van der Waals surface area contributed by atoms with Gasteiger partial charge in [-0.1, -0.05) is 30.4 Å². The van der Waals surface area contributed by atoms with E-state index in [1.54, 1.807) is 10.8 Å². The number of anilines is 1. The van der Waals surface area contributed by atoms with Crippen LogP contribution in [0.4, 0.5) is 5.69 Å². The Kier molecular flexibility index (Phi) is 3.42. The second kappa shape index (κ2) is 5.38. The highest BCUT2D eigenvalue weighted by Gasteiger charge is 2.09. The number of aromatic nitrogens is 4. The first-order valence-corrected chi connectivity index (χ1v) is 7.15. The van der Waals surface area contributed by atoms with E-state index in [0.29, 0.717) is 6.42 Å². The van der Waals surface area contributed by atoms with Gasteiger partial charge in [-0.25, -0.2) is 0 Å². The Morgan fingerprint density at radius 3 is 3.15 bits per heavy atom. The largest absolute Gasteiger partial charge is 0.326 e. The van der Waals surface area contributed by atoms with E-state index >= 15 is 0 Å². The number of carbonyl (C=O) groups is 1. The third-order valence-electron chi connectivity index (χ3n) is 2.76. The number of amides is 1. The lowest BCUT2D eigenvalue weighted by Gasteiger charge is -2.05. The van der Waals surface area contributed by atoms with Gasteiger partial charge in [-0.05, 0) is 18.6 Å². The van der Waals surface area contributed by atoms with Crippen LogP contribution in [0.25, 0.3) is 15.5 Å². The molecular formula is C13H13N5OS. The highest BCUT2D eigenvalue weighted by atomic mass is 32.1. The summed E-state index contributed by atoms with van der Waals surface area (Å²) in [5.41, 5.74) is 1.74. The first-order chi connectivity index (χ1) is 9.76. The number of carbonyl (C=O) groups excluding carboxylic acids is 1. The molecule has 3 aromatic rings. The topological polar surface area (TPSA) is 72.2 Å². The molecule has 0 radical (unpaired) electrons. The van der Waals surface area contributed by atoms with Gasteiger partial charge in [-0.2, -0.15) is 9.61 Å². The second-order valence-electron chi connectivity index (χ2n) is 4.34. The summed E-state index contributed by atoms with van der Waals surface area (Å²) >= 11 is 1.46. The molecule has 3 rings (SSSR count). The van der Waals surface area contributed by atoms with Crippen molar-refractivity contribution in [1.29, 1.82) is 0 Å². The fraction of sp³-hybridized carbons (Fsp3) is 0.231. The molecule has 0 aliphatic heterocycles. The van der Waals surface area contributed by atoms with E-state index in [-0.39, 0.29) is 5.91 Å². The van der Waals surface area contributed by atoms with Crippen LogP contribution in [0, 0.1) is 0 Å². The molecule has 102 valence electrons. The molecule has 0 aliphatic carbocycles. The van der Waals surface area contributed by atoms with Crippen molar-refractivity contribution >= 4 is 27.9 Å². The number of hydrogen-bond donors (Lipinski definition) is 1. The molecule has 0 spiro atoms. The van der Waals surface area contributed by atoms with Gasteiger partial charge >= 0.3 is 0 Å². The summed E-state index contributed by atoms with van der Waals surface area (Å²) in [6.45, 7) is 1.98. The van der Waals surface area contributed by atoms with Crippen molar-refractivity contribution in [3.8, 4) is 10.6 Å². The van der Waals surface area contributed by atoms with Crippen LogP contribution in [0.2, 0.25) is 0 Å². The minimum absolute atomic E-state index is 0.0304. The summed E-state index contributed by atoms with van der Waals surface area (Å²) < 4.78 is 1.64. The van der Waals surface area contributed by atoms with Gasteiger partial charge in [0.15, 0.2) is 0 Å². The Morgan fingerprint density at radius 1 is 1.45 bits per heavy atom. The Bertz CT molecular complexity index is 719. The van der Waals surface area contributed by atoms with Crippen molar-refractivity contribution < 1.29 is 4.79 Å². The molecule has 7 heteroatoms. The SMILES string of the molecule is CCCC(=O)Nc1cccc(-c2nn3cnnc3s2)c1. The first kappa shape index (κ1) is 12.7. The van der Waals surface area contributed by atoms with Crippen LogP contribution < -0.4 is 5.32 Å². The van der Waals surface area contributed by atoms with Crippen LogP contribution in [0.3, 0.4) is 0 Å². The smallest absolute Gasteiger partial charge is 0.234 e. The van der Waals surface area contributed by atoms with Gasteiger partial charge in [0.2, 0.25) is 10.9 Å². The molecule has 0 bridgehead atoms. The average molecular weight is 287 g/mol. The van der Waals surface area contributed by atoms with Crippen molar-refractivity contribution in [2.24, 2.45) is 0 Å². The molecule has 6 nitrogen and oxygen atoms in total. The summed E-state index contributed by atoms with van der Waals surface area (Å²) in [5, 5.41) is 15.9. The predicted molar refractivity (Wildman–Crippen MR) is 77.6 cm³/mol. The van der Waals surface area contributed by atoms with Gasteiger partial charge in [-0.3, -0.25) is 4.79 Å². The van der Waals surface area contributed by atoms with E-state index in [4.69, 9.17) is 0 Å². The molecule has 20 heavy (non-hydrogen) atoms. The van der Waals surface area contributed by atoms with Crippen LogP contribution in [0.1, 0.15) is 19.8 Å². The maximum atomic E-state index is 11.6. The van der Waals surface area contributed by atoms with Gasteiger partial charge in [0.1, 0.15) is 11.3 Å². The molecule has 0 aliphatic rings. The molecule has 2 aromatic heterocycles. The lowest BCUT2D eigenvalue weighted by molar-refractivity contribution is -0.116. The third-order valence-corrected chi connectivity index (χ3v) is 3.72. The Hall–Kier alpha value is -2.28. The molecule has 0 unspecified atom stereocenters. The number of nitrogens with one attached hydrogen (secondary N) is 1. The summed E-state index contributed by atoms with van der Waals surface area (Å²) in [6, 6.07) is 7.65. The standard InChI is InChI=1S/C13H13N5OS/c1-2-4-11(19)15-10-6-3-5-9(7-10)12-17-18-8-14-16-13(18)20-12/h3,5-8H,2,4H2,1H3,(H,15,19). The van der Waals surface area contributed by atoms with Crippen molar-refractivity contribution in [2.75, 3.05) is 5.32 Å². The van der Waals surface area contributed by atoms with Gasteiger partial charge in [-0.15, -0.1) is 10.2 Å². The van der Waals surface area contributed by atoms with E-state index in [1.165, 1.54) is 11.3 Å². The molecule has 0 saturated heterocycles. The molecule has 1 amide bonds. The highest BCUT2D eigenvalue weighted by Crippen LogP contribution is 2.26. The lowest BCUT2D eigenvalue weighted by atomic mass is 10.2. The summed E-state index contributed by atoms with van der Waals surface area (Å²) in [4.78, 5) is 12.4. The molecule has 0 atom stereocenters. The zero-order valence-corrected chi connectivity index (χ0v) is 11.7. The van der Waals surface area contributed by atoms with E-state index in [2.05, 4.69) is 20.6 Å². The number of hydrogen-bond acceptors (Lipinski definition) is 5. The van der Waals surface area contributed by atoms with Crippen molar-refractivity contribution in [2.45, 2.75) is 19.8 Å². The van der Waals surface area contributed by atoms with E-state index < -0.39 is 0 Å². The zero-order chi connectivity index (χ0) is 13.9. The maximum absolute atomic E-state index is 11.6. The summed E-state index contributed by atoms with van der Waals surface area (Å²) in [6.07, 6.45) is 2.94. The molecule has 0 fully saturated rings. The molecule has 1 N–H and O–H groups in total.